The molecule has 0 atom stereocenters. The summed E-state index contributed by atoms with van der Waals surface area (Å²) in [6.45, 7) is 4.01. The fourth-order valence-corrected chi connectivity index (χ4v) is 2.41. The van der Waals surface area contributed by atoms with Gasteiger partial charge in [0.15, 0.2) is 0 Å². The topological polar surface area (TPSA) is 38.5 Å². The Morgan fingerprint density at radius 2 is 1.94 bits per heavy atom. The summed E-state index contributed by atoms with van der Waals surface area (Å²) in [5, 5.41) is 0. The molecule has 1 aromatic carbocycles. The van der Waals surface area contributed by atoms with Crippen LogP contribution in [0.5, 0.6) is 0 Å². The molecule has 2 heterocycles. The molecule has 0 amide bonds. The van der Waals surface area contributed by atoms with Crippen LogP contribution in [0.4, 0.5) is 5.69 Å². The fraction of sp³-hybridized carbons (Fsp3) is 0.429. The summed E-state index contributed by atoms with van der Waals surface area (Å²) in [5.74, 6) is 0. The van der Waals surface area contributed by atoms with Gasteiger partial charge in [-0.15, -0.1) is 0 Å². The number of hydrogen-bond acceptors (Lipinski definition) is 3. The van der Waals surface area contributed by atoms with E-state index < -0.39 is 0 Å². The second-order valence-corrected chi connectivity index (χ2v) is 4.79. The molecule has 0 spiro atoms. The molecule has 2 aliphatic rings. The van der Waals surface area contributed by atoms with Crippen molar-refractivity contribution in [2.24, 2.45) is 0 Å². The molecular formula is C14H18N2O. The average Bonchev–Trinajstić information content (AvgIpc) is 2.29. The molecule has 90 valence electrons. The first-order valence-corrected chi connectivity index (χ1v) is 6.20. The monoisotopic (exact) mass is 230 g/mol. The number of hydrogen-bond donors (Lipinski definition) is 1. The van der Waals surface area contributed by atoms with E-state index in [0.717, 1.165) is 38.4 Å². The Labute approximate surface area is 102 Å². The van der Waals surface area contributed by atoms with Crippen LogP contribution < -0.4 is 5.73 Å². The summed E-state index contributed by atoms with van der Waals surface area (Å²) in [7, 11) is 0. The number of benzene rings is 1. The number of ether oxygens (including phenoxy) is 1. The molecule has 1 saturated heterocycles. The van der Waals surface area contributed by atoms with E-state index in [1.54, 1.807) is 0 Å². The van der Waals surface area contributed by atoms with Gasteiger partial charge in [0.1, 0.15) is 0 Å². The summed E-state index contributed by atoms with van der Waals surface area (Å²) in [6.07, 6.45) is 3.47. The van der Waals surface area contributed by atoms with E-state index in [1.165, 1.54) is 11.1 Å². The SMILES string of the molecule is Nc1ccc(C2=CCN(C3COC3)CC2)cc1. The number of rotatable bonds is 2. The molecule has 0 radical (unpaired) electrons. The lowest BCUT2D eigenvalue weighted by Crippen LogP contribution is -2.50. The normalized spacial score (nSPS) is 22.0. The Bertz CT molecular complexity index is 420. The molecule has 3 nitrogen and oxygen atoms in total. The van der Waals surface area contributed by atoms with Crippen molar-refractivity contribution >= 4 is 11.3 Å². The molecular weight excluding hydrogens is 212 g/mol. The van der Waals surface area contributed by atoms with Gasteiger partial charge in [-0.25, -0.2) is 0 Å². The van der Waals surface area contributed by atoms with Crippen LogP contribution >= 0.6 is 0 Å². The molecule has 1 aromatic rings. The van der Waals surface area contributed by atoms with Gasteiger partial charge in [-0.2, -0.15) is 0 Å². The molecule has 0 bridgehead atoms. The van der Waals surface area contributed by atoms with E-state index >= 15 is 0 Å². The summed E-state index contributed by atoms with van der Waals surface area (Å²) in [6, 6.07) is 8.83. The van der Waals surface area contributed by atoms with Crippen LogP contribution in [0.25, 0.3) is 5.57 Å². The maximum atomic E-state index is 5.70. The van der Waals surface area contributed by atoms with E-state index in [1.807, 2.05) is 12.1 Å². The predicted octanol–water partition coefficient (Wildman–Crippen LogP) is 1.76. The van der Waals surface area contributed by atoms with Crippen LogP contribution in [-0.2, 0) is 4.74 Å². The predicted molar refractivity (Wildman–Crippen MR) is 69.6 cm³/mol. The largest absolute Gasteiger partial charge is 0.399 e. The third-order valence-electron chi connectivity index (χ3n) is 3.66. The van der Waals surface area contributed by atoms with Gasteiger partial charge in [0.2, 0.25) is 0 Å². The first-order valence-electron chi connectivity index (χ1n) is 6.20. The third-order valence-corrected chi connectivity index (χ3v) is 3.66. The van der Waals surface area contributed by atoms with Gasteiger partial charge in [-0.05, 0) is 29.7 Å². The standard InChI is InChI=1S/C14H18N2O/c15-13-3-1-11(2-4-13)12-5-7-16(8-6-12)14-9-17-10-14/h1-5,14H,6-10,15H2. The van der Waals surface area contributed by atoms with Crippen molar-refractivity contribution in [1.29, 1.82) is 0 Å². The molecule has 0 unspecified atom stereocenters. The zero-order chi connectivity index (χ0) is 11.7. The van der Waals surface area contributed by atoms with Gasteiger partial charge in [-0.3, -0.25) is 4.90 Å². The lowest BCUT2D eigenvalue weighted by molar-refractivity contribution is -0.0612. The Morgan fingerprint density at radius 3 is 2.47 bits per heavy atom. The van der Waals surface area contributed by atoms with Gasteiger partial charge >= 0.3 is 0 Å². The van der Waals surface area contributed by atoms with Gasteiger partial charge in [0, 0.05) is 18.8 Å². The van der Waals surface area contributed by atoms with Crippen LogP contribution in [-0.4, -0.2) is 37.2 Å². The van der Waals surface area contributed by atoms with Crippen LogP contribution in [0.15, 0.2) is 30.3 Å². The summed E-state index contributed by atoms with van der Waals surface area (Å²) >= 11 is 0. The molecule has 1 fully saturated rings. The highest BCUT2D eigenvalue weighted by molar-refractivity contribution is 5.67. The van der Waals surface area contributed by atoms with Gasteiger partial charge < -0.3 is 10.5 Å². The quantitative estimate of drug-likeness (QED) is 0.787. The minimum absolute atomic E-state index is 0.652. The molecule has 2 N–H and O–H groups in total. The van der Waals surface area contributed by atoms with Crippen molar-refractivity contribution in [1.82, 2.24) is 4.90 Å². The third kappa shape index (κ3) is 2.21. The van der Waals surface area contributed by atoms with Crippen molar-refractivity contribution in [3.8, 4) is 0 Å². The van der Waals surface area contributed by atoms with Crippen LogP contribution in [0.3, 0.4) is 0 Å². The van der Waals surface area contributed by atoms with Crippen molar-refractivity contribution in [3.05, 3.63) is 35.9 Å². The van der Waals surface area contributed by atoms with Crippen molar-refractivity contribution in [3.63, 3.8) is 0 Å². The van der Waals surface area contributed by atoms with E-state index in [9.17, 15) is 0 Å². The summed E-state index contributed by atoms with van der Waals surface area (Å²) in [5.41, 5.74) is 9.29. The second kappa shape index (κ2) is 4.51. The lowest BCUT2D eigenvalue weighted by atomic mass is 9.98. The fourth-order valence-electron chi connectivity index (χ4n) is 2.41. The number of nitrogens with zero attached hydrogens (tertiary/aromatic N) is 1. The van der Waals surface area contributed by atoms with Crippen molar-refractivity contribution < 1.29 is 4.74 Å². The minimum atomic E-state index is 0.652. The van der Waals surface area contributed by atoms with E-state index in [0.29, 0.717) is 6.04 Å². The van der Waals surface area contributed by atoms with E-state index in [-0.39, 0.29) is 0 Å². The Balaban J connectivity index is 1.69. The molecule has 2 aliphatic heterocycles. The maximum absolute atomic E-state index is 5.70. The summed E-state index contributed by atoms with van der Waals surface area (Å²) < 4.78 is 5.24. The van der Waals surface area contributed by atoms with Gasteiger partial charge in [0.25, 0.3) is 0 Å². The van der Waals surface area contributed by atoms with Gasteiger partial charge in [-0.1, -0.05) is 18.2 Å². The van der Waals surface area contributed by atoms with Crippen LogP contribution in [0.2, 0.25) is 0 Å². The zero-order valence-electron chi connectivity index (χ0n) is 9.93. The highest BCUT2D eigenvalue weighted by Gasteiger charge is 2.26. The number of anilines is 1. The Kier molecular flexibility index (Phi) is 2.87. The molecule has 3 rings (SSSR count). The second-order valence-electron chi connectivity index (χ2n) is 4.79. The first-order chi connectivity index (χ1) is 8.33. The Morgan fingerprint density at radius 1 is 1.18 bits per heavy atom. The van der Waals surface area contributed by atoms with E-state index in [2.05, 4.69) is 23.1 Å². The van der Waals surface area contributed by atoms with Crippen LogP contribution in [0.1, 0.15) is 12.0 Å². The minimum Gasteiger partial charge on any atom is -0.399 e. The number of nitrogens with two attached hydrogens (primary N) is 1. The lowest BCUT2D eigenvalue weighted by Gasteiger charge is -2.38. The number of nitrogen functional groups attached to an aromatic ring is 1. The highest BCUT2D eigenvalue weighted by Crippen LogP contribution is 2.25. The highest BCUT2D eigenvalue weighted by atomic mass is 16.5. The van der Waals surface area contributed by atoms with E-state index in [4.69, 9.17) is 10.5 Å². The zero-order valence-corrected chi connectivity index (χ0v) is 9.93. The summed E-state index contributed by atoms with van der Waals surface area (Å²) in [4.78, 5) is 2.50. The molecule has 0 aliphatic carbocycles. The smallest absolute Gasteiger partial charge is 0.0645 e. The Hall–Kier alpha value is -1.32. The molecule has 0 aromatic heterocycles. The van der Waals surface area contributed by atoms with Crippen molar-refractivity contribution in [2.75, 3.05) is 32.0 Å². The maximum Gasteiger partial charge on any atom is 0.0645 e. The average molecular weight is 230 g/mol. The molecule has 0 saturated carbocycles. The first kappa shape index (κ1) is 10.8. The molecule has 3 heteroatoms. The van der Waals surface area contributed by atoms with Crippen molar-refractivity contribution in [2.45, 2.75) is 12.5 Å². The molecule has 17 heavy (non-hydrogen) atoms. The van der Waals surface area contributed by atoms with Crippen LogP contribution in [0, 0.1) is 0 Å². The van der Waals surface area contributed by atoms with Gasteiger partial charge in [0.05, 0.1) is 19.3 Å².